The molecule has 3 aromatic heterocycles. The van der Waals surface area contributed by atoms with Gasteiger partial charge in [-0.25, -0.2) is 4.79 Å². The molecule has 0 bridgehead atoms. The van der Waals surface area contributed by atoms with Crippen molar-refractivity contribution in [1.29, 1.82) is 0 Å². The zero-order valence-electron chi connectivity index (χ0n) is 20.1. The summed E-state index contributed by atoms with van der Waals surface area (Å²) in [4.78, 5) is 37.8. The zero-order chi connectivity index (χ0) is 24.9. The molecule has 0 atom stereocenters. The molecule has 5 rings (SSSR count). The van der Waals surface area contributed by atoms with E-state index in [0.29, 0.717) is 28.8 Å². The Hall–Kier alpha value is -4.40. The summed E-state index contributed by atoms with van der Waals surface area (Å²) in [5.74, 6) is 0.495. The average Bonchev–Trinajstić information content (AvgIpc) is 3.40. The third kappa shape index (κ3) is 3.74. The number of rotatable bonds is 6. The molecule has 3 heterocycles. The number of fused-ring (bicyclic) bond motifs is 2. The van der Waals surface area contributed by atoms with Crippen molar-refractivity contribution in [2.24, 2.45) is 0 Å². The highest BCUT2D eigenvalue weighted by atomic mass is 16.2. The molecule has 0 spiro atoms. The van der Waals surface area contributed by atoms with Crippen LogP contribution in [0.15, 0.2) is 53.5 Å². The quantitative estimate of drug-likeness (QED) is 0.309. The maximum Gasteiger partial charge on any atom is 0.335 e. The fraction of sp³-hybridized carbons (Fsp3) is 0.231. The second kappa shape index (κ2) is 8.43. The van der Waals surface area contributed by atoms with Crippen LogP contribution < -0.4 is 16.7 Å². The molecule has 0 fully saturated rings. The second-order valence-electron chi connectivity index (χ2n) is 8.84. The summed E-state index contributed by atoms with van der Waals surface area (Å²) in [6, 6.07) is 13.1. The van der Waals surface area contributed by atoms with Gasteiger partial charge in [0.2, 0.25) is 5.95 Å². The molecule has 5 aromatic rings. The van der Waals surface area contributed by atoms with Crippen LogP contribution in [0, 0.1) is 0 Å². The van der Waals surface area contributed by atoms with Crippen LogP contribution >= 0.6 is 0 Å². The van der Waals surface area contributed by atoms with Crippen LogP contribution in [-0.4, -0.2) is 29.9 Å². The summed E-state index contributed by atoms with van der Waals surface area (Å²) >= 11 is 0. The SMILES string of the molecule is CCc1cc(Nc2nc(N)c3c(n2)n(C(C)C)c(=O)n3-c2ccc3[nH]ccc3c2)ccc1C(C)=O. The molecule has 0 aliphatic rings. The molecule has 0 unspecified atom stereocenters. The van der Waals surface area contributed by atoms with Gasteiger partial charge in [0, 0.05) is 34.4 Å². The third-order valence-electron chi connectivity index (χ3n) is 6.17. The molecule has 0 aliphatic heterocycles. The Morgan fingerprint density at radius 2 is 1.94 bits per heavy atom. The monoisotopic (exact) mass is 469 g/mol. The number of ketones is 1. The van der Waals surface area contributed by atoms with E-state index in [2.05, 4.69) is 15.3 Å². The Kier molecular flexibility index (Phi) is 5.39. The predicted octanol–water partition coefficient (Wildman–Crippen LogP) is 4.74. The number of nitrogens with one attached hydrogen (secondary N) is 2. The largest absolute Gasteiger partial charge is 0.382 e. The van der Waals surface area contributed by atoms with Gasteiger partial charge in [-0.05, 0) is 75.2 Å². The number of anilines is 3. The summed E-state index contributed by atoms with van der Waals surface area (Å²) < 4.78 is 3.19. The number of H-pyrrole nitrogens is 1. The van der Waals surface area contributed by atoms with Gasteiger partial charge in [0.1, 0.15) is 5.52 Å². The summed E-state index contributed by atoms with van der Waals surface area (Å²) in [5, 5.41) is 4.18. The molecule has 0 saturated heterocycles. The molecule has 0 amide bonds. The highest BCUT2D eigenvalue weighted by Gasteiger charge is 2.22. The first-order valence-corrected chi connectivity index (χ1v) is 11.6. The van der Waals surface area contributed by atoms with Crippen molar-refractivity contribution in [2.45, 2.75) is 40.2 Å². The molecule has 9 nitrogen and oxygen atoms in total. The Labute approximate surface area is 201 Å². The van der Waals surface area contributed by atoms with Crippen LogP contribution in [0.5, 0.6) is 0 Å². The van der Waals surface area contributed by atoms with Gasteiger partial charge in [-0.2, -0.15) is 9.97 Å². The minimum Gasteiger partial charge on any atom is -0.382 e. The van der Waals surface area contributed by atoms with E-state index in [1.165, 1.54) is 0 Å². The maximum absolute atomic E-state index is 13.6. The smallest absolute Gasteiger partial charge is 0.335 e. The molecular formula is C26H27N7O2. The zero-order valence-corrected chi connectivity index (χ0v) is 20.1. The number of imidazole rings is 1. The van der Waals surface area contributed by atoms with Gasteiger partial charge in [-0.3, -0.25) is 13.9 Å². The van der Waals surface area contributed by atoms with Crippen molar-refractivity contribution in [3.8, 4) is 5.69 Å². The number of carbonyl (C=O) groups excluding carboxylic acids is 1. The lowest BCUT2D eigenvalue weighted by atomic mass is 10.0. The molecule has 2 aromatic carbocycles. The van der Waals surface area contributed by atoms with Gasteiger partial charge in [-0.15, -0.1) is 0 Å². The number of nitrogens with zero attached hydrogens (tertiary/aromatic N) is 4. The number of nitrogens with two attached hydrogens (primary N) is 1. The predicted molar refractivity (Wildman–Crippen MR) is 139 cm³/mol. The van der Waals surface area contributed by atoms with E-state index in [4.69, 9.17) is 10.7 Å². The molecular weight excluding hydrogens is 442 g/mol. The minimum atomic E-state index is -0.234. The van der Waals surface area contributed by atoms with Crippen LogP contribution in [0.2, 0.25) is 0 Å². The van der Waals surface area contributed by atoms with Gasteiger partial charge in [-0.1, -0.05) is 6.92 Å². The van der Waals surface area contributed by atoms with Gasteiger partial charge in [0.05, 0.1) is 5.69 Å². The number of carbonyl (C=O) groups is 1. The molecule has 0 radical (unpaired) electrons. The third-order valence-corrected chi connectivity index (χ3v) is 6.17. The minimum absolute atomic E-state index is 0.0235. The number of hydrogen-bond donors (Lipinski definition) is 3. The van der Waals surface area contributed by atoms with E-state index in [1.54, 1.807) is 22.1 Å². The normalized spacial score (nSPS) is 11.6. The van der Waals surface area contributed by atoms with E-state index >= 15 is 0 Å². The van der Waals surface area contributed by atoms with Gasteiger partial charge < -0.3 is 16.0 Å². The van der Waals surface area contributed by atoms with E-state index in [-0.39, 0.29) is 29.3 Å². The van der Waals surface area contributed by atoms with Crippen LogP contribution in [0.1, 0.15) is 49.7 Å². The first-order valence-electron chi connectivity index (χ1n) is 11.6. The number of benzene rings is 2. The van der Waals surface area contributed by atoms with E-state index < -0.39 is 0 Å². The Morgan fingerprint density at radius 3 is 2.66 bits per heavy atom. The Morgan fingerprint density at radius 1 is 1.14 bits per heavy atom. The van der Waals surface area contributed by atoms with Crippen LogP contribution in [-0.2, 0) is 6.42 Å². The lowest BCUT2D eigenvalue weighted by Crippen LogP contribution is -2.24. The van der Waals surface area contributed by atoms with Gasteiger partial charge in [0.15, 0.2) is 17.2 Å². The topological polar surface area (TPSA) is 124 Å². The molecule has 0 aliphatic carbocycles. The van der Waals surface area contributed by atoms with Crippen LogP contribution in [0.25, 0.3) is 27.8 Å². The number of aromatic amines is 1. The van der Waals surface area contributed by atoms with Crippen molar-refractivity contribution < 1.29 is 4.79 Å². The summed E-state index contributed by atoms with van der Waals surface area (Å²) in [7, 11) is 0. The fourth-order valence-corrected chi connectivity index (χ4v) is 4.51. The molecule has 0 saturated carbocycles. The summed E-state index contributed by atoms with van der Waals surface area (Å²) in [6.07, 6.45) is 2.57. The van der Waals surface area contributed by atoms with Crippen molar-refractivity contribution in [1.82, 2.24) is 24.1 Å². The first-order chi connectivity index (χ1) is 16.8. The molecule has 178 valence electrons. The van der Waals surface area contributed by atoms with Gasteiger partial charge >= 0.3 is 5.69 Å². The van der Waals surface area contributed by atoms with E-state index in [0.717, 1.165) is 22.2 Å². The first kappa shape index (κ1) is 22.4. The van der Waals surface area contributed by atoms with Crippen molar-refractivity contribution >= 4 is 45.3 Å². The lowest BCUT2D eigenvalue weighted by Gasteiger charge is -2.11. The van der Waals surface area contributed by atoms with Crippen molar-refractivity contribution in [3.63, 3.8) is 0 Å². The second-order valence-corrected chi connectivity index (χ2v) is 8.84. The molecule has 4 N–H and O–H groups in total. The van der Waals surface area contributed by atoms with Crippen molar-refractivity contribution in [3.05, 3.63) is 70.3 Å². The Balaban J connectivity index is 1.66. The number of aryl methyl sites for hydroxylation is 1. The van der Waals surface area contributed by atoms with Crippen LogP contribution in [0.4, 0.5) is 17.5 Å². The number of Topliss-reactive ketones (excluding diaryl/α,β-unsaturated/α-hetero) is 1. The van der Waals surface area contributed by atoms with Crippen molar-refractivity contribution in [2.75, 3.05) is 11.1 Å². The van der Waals surface area contributed by atoms with Gasteiger partial charge in [0.25, 0.3) is 0 Å². The summed E-state index contributed by atoms with van der Waals surface area (Å²) in [6.45, 7) is 7.42. The summed E-state index contributed by atoms with van der Waals surface area (Å²) in [5.41, 5.74) is 11.1. The molecule has 9 heteroatoms. The number of nitrogen functional groups attached to an aromatic ring is 1. The number of aromatic nitrogens is 5. The van der Waals surface area contributed by atoms with Crippen LogP contribution in [0.3, 0.4) is 0 Å². The van der Waals surface area contributed by atoms with E-state index in [9.17, 15) is 9.59 Å². The average molecular weight is 470 g/mol. The maximum atomic E-state index is 13.6. The number of hydrogen-bond acceptors (Lipinski definition) is 6. The Bertz CT molecular complexity index is 1660. The lowest BCUT2D eigenvalue weighted by molar-refractivity contribution is 0.101. The highest BCUT2D eigenvalue weighted by molar-refractivity contribution is 5.96. The highest BCUT2D eigenvalue weighted by Crippen LogP contribution is 2.27. The standard InChI is InChI=1S/C26H27N7O2/c1-5-16-12-18(6-8-20(16)15(4)34)29-25-30-23(27)22-24(31-25)32(14(2)3)26(35)33(22)19-7-9-21-17(13-19)10-11-28-21/h6-14,28H,5H2,1-4H3,(H3,27,29,30,31). The van der Waals surface area contributed by atoms with E-state index in [1.807, 2.05) is 63.4 Å². The molecule has 35 heavy (non-hydrogen) atoms. The fourth-order valence-electron chi connectivity index (χ4n) is 4.51.